The van der Waals surface area contributed by atoms with Gasteiger partial charge in [0.05, 0.1) is 18.0 Å². The number of aromatic nitrogens is 5. The predicted octanol–water partition coefficient (Wildman–Crippen LogP) is -0.0401. The zero-order valence-corrected chi connectivity index (χ0v) is 6.88. The fourth-order valence-electron chi connectivity index (χ4n) is 0.934. The normalized spacial score (nSPS) is 10.0. The highest BCUT2D eigenvalue weighted by molar-refractivity contribution is 5.88. The number of carboxylic acids is 1. The van der Waals surface area contributed by atoms with Gasteiger partial charge in [-0.1, -0.05) is 0 Å². The van der Waals surface area contributed by atoms with Crippen molar-refractivity contribution in [3.8, 4) is 11.4 Å². The molecule has 0 aliphatic heterocycles. The van der Waals surface area contributed by atoms with Crippen LogP contribution >= 0.6 is 0 Å². The number of carboxylic acid groups (broad SMARTS) is 1. The van der Waals surface area contributed by atoms with Crippen LogP contribution in [-0.4, -0.2) is 36.7 Å². The van der Waals surface area contributed by atoms with E-state index in [0.717, 1.165) is 0 Å². The lowest BCUT2D eigenvalue weighted by atomic mass is 10.2. The van der Waals surface area contributed by atoms with E-state index in [9.17, 15) is 4.79 Å². The molecule has 0 bridgehead atoms. The minimum atomic E-state index is -1.05. The minimum absolute atomic E-state index is 0.0676. The third kappa shape index (κ3) is 1.42. The van der Waals surface area contributed by atoms with Crippen molar-refractivity contribution in [3.05, 3.63) is 24.0 Å². The van der Waals surface area contributed by atoms with Crippen molar-refractivity contribution in [3.63, 3.8) is 0 Å². The van der Waals surface area contributed by atoms with Crippen molar-refractivity contribution in [2.75, 3.05) is 0 Å². The van der Waals surface area contributed by atoms with Gasteiger partial charge in [-0.25, -0.2) is 4.79 Å². The van der Waals surface area contributed by atoms with Crippen LogP contribution in [0, 0.1) is 0 Å². The van der Waals surface area contributed by atoms with Crippen molar-refractivity contribution in [2.45, 2.75) is 0 Å². The summed E-state index contributed by atoms with van der Waals surface area (Å²) in [6.07, 6.45) is 2.61. The molecule has 0 spiro atoms. The quantitative estimate of drug-likeness (QED) is 0.690. The summed E-state index contributed by atoms with van der Waals surface area (Å²) in [5, 5.41) is 25.7. The topological polar surface area (TPSA) is 105 Å². The number of nitrogens with zero attached hydrogens (tertiary/aromatic N) is 4. The third-order valence-corrected chi connectivity index (χ3v) is 1.58. The Kier molecular flexibility index (Phi) is 1.90. The van der Waals surface area contributed by atoms with Crippen LogP contribution in [0.15, 0.2) is 18.5 Å². The lowest BCUT2D eigenvalue weighted by Crippen LogP contribution is -1.99. The van der Waals surface area contributed by atoms with Gasteiger partial charge in [0, 0.05) is 0 Å². The molecule has 2 aromatic heterocycles. The van der Waals surface area contributed by atoms with Gasteiger partial charge in [0.15, 0.2) is 0 Å². The van der Waals surface area contributed by atoms with E-state index in [2.05, 4.69) is 25.6 Å². The number of hydrogen-bond donors (Lipinski definition) is 2. The van der Waals surface area contributed by atoms with Gasteiger partial charge in [-0.05, 0) is 6.07 Å². The van der Waals surface area contributed by atoms with E-state index in [1.165, 1.54) is 18.5 Å². The number of aromatic amines is 1. The summed E-state index contributed by atoms with van der Waals surface area (Å²) in [5.41, 5.74) is 0.900. The van der Waals surface area contributed by atoms with Crippen LogP contribution < -0.4 is 0 Å². The number of aromatic carboxylic acids is 1. The average Bonchev–Trinajstić information content (AvgIpc) is 2.71. The summed E-state index contributed by atoms with van der Waals surface area (Å²) in [6, 6.07) is 1.38. The van der Waals surface area contributed by atoms with Gasteiger partial charge < -0.3 is 5.11 Å². The van der Waals surface area contributed by atoms with E-state index in [1.807, 2.05) is 0 Å². The molecule has 7 nitrogen and oxygen atoms in total. The van der Waals surface area contributed by atoms with Crippen LogP contribution in [-0.2, 0) is 0 Å². The molecule has 0 atom stereocenters. The number of hydrogen-bond acceptors (Lipinski definition) is 5. The van der Waals surface area contributed by atoms with Gasteiger partial charge in [0.25, 0.3) is 0 Å². The maximum atomic E-state index is 10.6. The molecule has 70 valence electrons. The first-order valence-corrected chi connectivity index (χ1v) is 3.69. The molecule has 0 amide bonds. The summed E-state index contributed by atoms with van der Waals surface area (Å²) in [7, 11) is 0. The summed E-state index contributed by atoms with van der Waals surface area (Å²) < 4.78 is 0. The first-order valence-electron chi connectivity index (χ1n) is 3.69. The van der Waals surface area contributed by atoms with Crippen LogP contribution in [0.25, 0.3) is 11.4 Å². The highest BCUT2D eigenvalue weighted by Crippen LogP contribution is 2.11. The summed E-state index contributed by atoms with van der Waals surface area (Å²) in [5.74, 6) is -1.05. The van der Waals surface area contributed by atoms with Crippen molar-refractivity contribution >= 4 is 5.97 Å². The molecular formula is C7H5N5O2. The molecule has 0 saturated carbocycles. The van der Waals surface area contributed by atoms with Crippen LogP contribution in [0.5, 0.6) is 0 Å². The van der Waals surface area contributed by atoms with Crippen molar-refractivity contribution in [1.82, 2.24) is 25.6 Å². The molecule has 2 rings (SSSR count). The second kappa shape index (κ2) is 3.21. The van der Waals surface area contributed by atoms with E-state index in [1.54, 1.807) is 0 Å². The molecule has 14 heavy (non-hydrogen) atoms. The molecule has 0 radical (unpaired) electrons. The van der Waals surface area contributed by atoms with E-state index >= 15 is 0 Å². The minimum Gasteiger partial charge on any atom is -0.478 e. The van der Waals surface area contributed by atoms with Crippen LogP contribution in [0.2, 0.25) is 0 Å². The van der Waals surface area contributed by atoms with Gasteiger partial charge in [0.1, 0.15) is 11.4 Å². The fourth-order valence-corrected chi connectivity index (χ4v) is 0.934. The lowest BCUT2D eigenvalue weighted by Gasteiger charge is -1.95. The molecular weight excluding hydrogens is 186 g/mol. The summed E-state index contributed by atoms with van der Waals surface area (Å²) in [4.78, 5) is 10.6. The molecule has 0 unspecified atom stereocenters. The Morgan fingerprint density at radius 3 is 2.86 bits per heavy atom. The largest absolute Gasteiger partial charge is 0.478 e. The zero-order valence-electron chi connectivity index (χ0n) is 6.88. The van der Waals surface area contributed by atoms with Gasteiger partial charge >= 0.3 is 5.97 Å². The second-order valence-electron chi connectivity index (χ2n) is 2.49. The number of nitrogens with one attached hydrogen (secondary N) is 1. The Hall–Kier alpha value is -2.31. The molecule has 0 aliphatic rings. The zero-order chi connectivity index (χ0) is 9.97. The predicted molar refractivity (Wildman–Crippen MR) is 44.4 cm³/mol. The molecule has 0 saturated heterocycles. The standard InChI is InChI=1S/C7H5N5O2/c13-7(14)4-1-5(10-8-2-4)6-3-9-12-11-6/h1-3H,(H,13,14)(H,9,11,12). The number of rotatable bonds is 2. The van der Waals surface area contributed by atoms with E-state index in [0.29, 0.717) is 11.4 Å². The highest BCUT2D eigenvalue weighted by Gasteiger charge is 2.08. The molecule has 2 aromatic rings. The van der Waals surface area contributed by atoms with E-state index in [4.69, 9.17) is 5.11 Å². The second-order valence-corrected chi connectivity index (χ2v) is 2.49. The first kappa shape index (κ1) is 8.30. The SMILES string of the molecule is O=C(O)c1cnnc(-c2cn[nH]n2)c1. The Morgan fingerprint density at radius 1 is 1.36 bits per heavy atom. The van der Waals surface area contributed by atoms with Crippen molar-refractivity contribution in [2.24, 2.45) is 0 Å². The van der Waals surface area contributed by atoms with Gasteiger partial charge in [-0.3, -0.25) is 0 Å². The molecule has 2 N–H and O–H groups in total. The summed E-state index contributed by atoms with van der Waals surface area (Å²) >= 11 is 0. The average molecular weight is 191 g/mol. The number of carbonyl (C=O) groups is 1. The first-order chi connectivity index (χ1) is 6.77. The number of H-pyrrole nitrogens is 1. The highest BCUT2D eigenvalue weighted by atomic mass is 16.4. The maximum absolute atomic E-state index is 10.6. The van der Waals surface area contributed by atoms with Gasteiger partial charge in [-0.2, -0.15) is 20.5 Å². The Bertz CT molecular complexity index is 453. The molecule has 0 aliphatic carbocycles. The van der Waals surface area contributed by atoms with Crippen LogP contribution in [0.1, 0.15) is 10.4 Å². The Labute approximate surface area is 77.8 Å². The third-order valence-electron chi connectivity index (χ3n) is 1.58. The van der Waals surface area contributed by atoms with Crippen LogP contribution in [0.3, 0.4) is 0 Å². The molecule has 2 heterocycles. The molecule has 0 fully saturated rings. The van der Waals surface area contributed by atoms with Crippen molar-refractivity contribution < 1.29 is 9.90 Å². The van der Waals surface area contributed by atoms with Crippen molar-refractivity contribution in [1.29, 1.82) is 0 Å². The van der Waals surface area contributed by atoms with Crippen LogP contribution in [0.4, 0.5) is 0 Å². The smallest absolute Gasteiger partial charge is 0.337 e. The fraction of sp³-hybridized carbons (Fsp3) is 0. The van der Waals surface area contributed by atoms with Gasteiger partial charge in [0.2, 0.25) is 0 Å². The van der Waals surface area contributed by atoms with Gasteiger partial charge in [-0.15, -0.1) is 5.10 Å². The van der Waals surface area contributed by atoms with E-state index < -0.39 is 5.97 Å². The molecule has 0 aromatic carbocycles. The lowest BCUT2D eigenvalue weighted by molar-refractivity contribution is 0.0696. The maximum Gasteiger partial charge on any atom is 0.337 e. The van der Waals surface area contributed by atoms with E-state index in [-0.39, 0.29) is 5.56 Å². The monoisotopic (exact) mass is 191 g/mol. The summed E-state index contributed by atoms with van der Waals surface area (Å²) in [6.45, 7) is 0. The Morgan fingerprint density at radius 2 is 2.21 bits per heavy atom. The Balaban J connectivity index is 2.46. The molecule has 7 heteroatoms.